The van der Waals surface area contributed by atoms with Crippen molar-refractivity contribution < 1.29 is 17.9 Å². The van der Waals surface area contributed by atoms with Gasteiger partial charge >= 0.3 is 0 Å². The van der Waals surface area contributed by atoms with E-state index in [9.17, 15) is 13.2 Å². The summed E-state index contributed by atoms with van der Waals surface area (Å²) in [7, 11) is -1.68. The van der Waals surface area contributed by atoms with Gasteiger partial charge in [-0.2, -0.15) is 0 Å². The molecule has 0 fully saturated rings. The number of benzene rings is 2. The molecule has 0 amide bonds. The summed E-state index contributed by atoms with van der Waals surface area (Å²) < 4.78 is 30.2. The lowest BCUT2D eigenvalue weighted by Gasteiger charge is -2.17. The maximum Gasteiger partial charge on any atom is 0.209 e. The second-order valence-electron chi connectivity index (χ2n) is 5.48. The van der Waals surface area contributed by atoms with Crippen LogP contribution in [0.15, 0.2) is 54.6 Å². The Kier molecular flexibility index (Phi) is 7.04. The maximum atomic E-state index is 12.5. The lowest BCUT2D eigenvalue weighted by molar-refractivity contribution is 0.0982. The second kappa shape index (κ2) is 9.03. The number of Topliss-reactive ketones (excluding diaryl/α,β-unsaturated/α-hetero) is 1. The van der Waals surface area contributed by atoms with Crippen LogP contribution in [0, 0.1) is 0 Å². The van der Waals surface area contributed by atoms with Crippen molar-refractivity contribution in [3.63, 3.8) is 0 Å². The number of carbonyl (C=O) groups is 1. The predicted octanol–water partition coefficient (Wildman–Crippen LogP) is 3.25. The molecule has 5 nitrogen and oxygen atoms in total. The fourth-order valence-electron chi connectivity index (χ4n) is 2.24. The van der Waals surface area contributed by atoms with E-state index in [4.69, 9.17) is 4.74 Å². The number of ether oxygens (including phenoxy) is 1. The van der Waals surface area contributed by atoms with E-state index in [2.05, 4.69) is 4.72 Å². The normalized spacial score (nSPS) is 12.6. The van der Waals surface area contributed by atoms with E-state index < -0.39 is 10.0 Å². The van der Waals surface area contributed by atoms with Crippen molar-refractivity contribution in [1.29, 1.82) is 0 Å². The zero-order valence-corrected chi connectivity index (χ0v) is 15.8. The SMILES string of the molecule is COc1ccc(C(CC(=O)c2ccccc2)SCNS(C)(=O)=O)cc1. The Labute approximate surface area is 152 Å². The molecule has 25 heavy (non-hydrogen) atoms. The molecular weight excluding hydrogens is 358 g/mol. The molecule has 2 aromatic carbocycles. The zero-order chi connectivity index (χ0) is 18.3. The van der Waals surface area contributed by atoms with E-state index in [1.54, 1.807) is 19.2 Å². The van der Waals surface area contributed by atoms with Gasteiger partial charge in [-0.3, -0.25) is 4.79 Å². The van der Waals surface area contributed by atoms with Crippen LogP contribution in [-0.2, 0) is 10.0 Å². The van der Waals surface area contributed by atoms with Gasteiger partial charge in [-0.15, -0.1) is 11.8 Å². The molecule has 0 aromatic heterocycles. The molecular formula is C18H21NO4S2. The third kappa shape index (κ3) is 6.53. The van der Waals surface area contributed by atoms with Crippen LogP contribution in [0.25, 0.3) is 0 Å². The van der Waals surface area contributed by atoms with E-state index in [-0.39, 0.29) is 23.3 Å². The van der Waals surface area contributed by atoms with Crippen LogP contribution in [0.1, 0.15) is 27.6 Å². The summed E-state index contributed by atoms with van der Waals surface area (Å²) in [5.74, 6) is 0.960. The zero-order valence-electron chi connectivity index (χ0n) is 14.1. The highest BCUT2D eigenvalue weighted by atomic mass is 32.2. The average molecular weight is 380 g/mol. The Hall–Kier alpha value is -1.83. The largest absolute Gasteiger partial charge is 0.497 e. The first-order chi connectivity index (χ1) is 11.9. The molecule has 1 atom stereocenters. The van der Waals surface area contributed by atoms with Crippen molar-refractivity contribution in [2.24, 2.45) is 0 Å². The van der Waals surface area contributed by atoms with Gasteiger partial charge < -0.3 is 4.74 Å². The summed E-state index contributed by atoms with van der Waals surface area (Å²) in [5.41, 5.74) is 1.60. The van der Waals surface area contributed by atoms with Crippen molar-refractivity contribution in [2.75, 3.05) is 19.2 Å². The number of sulfonamides is 1. The quantitative estimate of drug-likeness (QED) is 0.535. The molecule has 134 valence electrons. The fourth-order valence-corrected chi connectivity index (χ4v) is 4.19. The first-order valence-electron chi connectivity index (χ1n) is 7.67. The van der Waals surface area contributed by atoms with Gasteiger partial charge in [0.15, 0.2) is 5.78 Å². The van der Waals surface area contributed by atoms with E-state index in [0.717, 1.165) is 17.6 Å². The molecule has 0 saturated carbocycles. The number of hydrogen-bond acceptors (Lipinski definition) is 5. The van der Waals surface area contributed by atoms with Gasteiger partial charge in [-0.25, -0.2) is 13.1 Å². The number of nitrogens with one attached hydrogen (secondary N) is 1. The van der Waals surface area contributed by atoms with Crippen LogP contribution in [-0.4, -0.2) is 33.4 Å². The number of thioether (sulfide) groups is 1. The fraction of sp³-hybridized carbons (Fsp3) is 0.278. The molecule has 1 unspecified atom stereocenters. The minimum atomic E-state index is -3.27. The Morgan fingerprint density at radius 3 is 2.32 bits per heavy atom. The Bertz CT molecular complexity index is 790. The average Bonchev–Trinajstić information content (AvgIpc) is 2.60. The van der Waals surface area contributed by atoms with Crippen molar-refractivity contribution in [3.05, 3.63) is 65.7 Å². The summed E-state index contributed by atoms with van der Waals surface area (Å²) in [6, 6.07) is 16.5. The van der Waals surface area contributed by atoms with Crippen LogP contribution in [0.4, 0.5) is 0 Å². The van der Waals surface area contributed by atoms with Gasteiger partial charge in [0.1, 0.15) is 5.75 Å². The lowest BCUT2D eigenvalue weighted by atomic mass is 10.0. The van der Waals surface area contributed by atoms with Gasteiger partial charge in [0.05, 0.1) is 19.2 Å². The number of ketones is 1. The van der Waals surface area contributed by atoms with Crippen molar-refractivity contribution in [1.82, 2.24) is 4.72 Å². The van der Waals surface area contributed by atoms with E-state index in [1.807, 2.05) is 42.5 Å². The predicted molar refractivity (Wildman–Crippen MR) is 102 cm³/mol. The lowest BCUT2D eigenvalue weighted by Crippen LogP contribution is -2.22. The molecule has 0 aliphatic rings. The maximum absolute atomic E-state index is 12.5. The topological polar surface area (TPSA) is 72.5 Å². The molecule has 1 N–H and O–H groups in total. The van der Waals surface area contributed by atoms with Gasteiger partial charge in [-0.05, 0) is 17.7 Å². The molecule has 0 aliphatic heterocycles. The van der Waals surface area contributed by atoms with Gasteiger partial charge in [0, 0.05) is 17.2 Å². The van der Waals surface area contributed by atoms with Crippen molar-refractivity contribution in [3.8, 4) is 5.75 Å². The standard InChI is InChI=1S/C18H21NO4S2/c1-23-16-10-8-15(9-11-16)18(24-13-19-25(2,21)22)12-17(20)14-6-4-3-5-7-14/h3-11,18-19H,12-13H2,1-2H3. The van der Waals surface area contributed by atoms with E-state index >= 15 is 0 Å². The minimum absolute atomic E-state index is 0.0215. The molecule has 7 heteroatoms. The molecule has 0 heterocycles. The van der Waals surface area contributed by atoms with Gasteiger partial charge in [-0.1, -0.05) is 42.5 Å². The van der Waals surface area contributed by atoms with Crippen LogP contribution in [0.5, 0.6) is 5.75 Å². The monoisotopic (exact) mass is 379 g/mol. The highest BCUT2D eigenvalue weighted by Crippen LogP contribution is 2.33. The molecule has 0 saturated heterocycles. The van der Waals surface area contributed by atoms with Gasteiger partial charge in [0.2, 0.25) is 10.0 Å². The number of carbonyl (C=O) groups excluding carboxylic acids is 1. The Morgan fingerprint density at radius 2 is 1.76 bits per heavy atom. The summed E-state index contributed by atoms with van der Waals surface area (Å²) in [5, 5.41) is -0.159. The second-order valence-corrected chi connectivity index (χ2v) is 8.51. The first-order valence-corrected chi connectivity index (χ1v) is 10.6. The van der Waals surface area contributed by atoms with E-state index in [1.165, 1.54) is 11.8 Å². The summed E-state index contributed by atoms with van der Waals surface area (Å²) in [6.07, 6.45) is 1.40. The summed E-state index contributed by atoms with van der Waals surface area (Å²) in [6.45, 7) is 0. The third-order valence-corrected chi connectivity index (χ3v) is 5.56. The highest BCUT2D eigenvalue weighted by molar-refractivity contribution is 8.00. The van der Waals surface area contributed by atoms with Crippen molar-refractivity contribution >= 4 is 27.6 Å². The van der Waals surface area contributed by atoms with Crippen LogP contribution in [0.2, 0.25) is 0 Å². The molecule has 0 radical (unpaired) electrons. The Morgan fingerprint density at radius 1 is 1.12 bits per heavy atom. The number of hydrogen-bond donors (Lipinski definition) is 1. The molecule has 2 aromatic rings. The molecule has 0 spiro atoms. The molecule has 2 rings (SSSR count). The molecule has 0 aliphatic carbocycles. The Balaban J connectivity index is 2.14. The first kappa shape index (κ1) is 19.5. The highest BCUT2D eigenvalue weighted by Gasteiger charge is 2.18. The van der Waals surface area contributed by atoms with Crippen LogP contribution >= 0.6 is 11.8 Å². The molecule has 0 bridgehead atoms. The van der Waals surface area contributed by atoms with Crippen LogP contribution in [0.3, 0.4) is 0 Å². The van der Waals surface area contributed by atoms with Crippen LogP contribution < -0.4 is 9.46 Å². The van der Waals surface area contributed by atoms with Gasteiger partial charge in [0.25, 0.3) is 0 Å². The minimum Gasteiger partial charge on any atom is -0.497 e. The number of rotatable bonds is 9. The van der Waals surface area contributed by atoms with E-state index in [0.29, 0.717) is 5.56 Å². The smallest absolute Gasteiger partial charge is 0.209 e. The summed E-state index contributed by atoms with van der Waals surface area (Å²) in [4.78, 5) is 12.5. The number of methoxy groups -OCH3 is 1. The summed E-state index contributed by atoms with van der Waals surface area (Å²) >= 11 is 1.39. The van der Waals surface area contributed by atoms with Crippen molar-refractivity contribution in [2.45, 2.75) is 11.7 Å². The third-order valence-electron chi connectivity index (χ3n) is 3.56.